The molecule has 6 heteroatoms. The van der Waals surface area contributed by atoms with E-state index in [1.807, 2.05) is 0 Å². The molecule has 2 rings (SSSR count). The fourth-order valence-electron chi connectivity index (χ4n) is 1.47. The molecule has 17 heavy (non-hydrogen) atoms. The minimum atomic E-state index is 0.300. The number of rotatable bonds is 3. The minimum Gasteiger partial charge on any atom is -0.408 e. The predicted molar refractivity (Wildman–Crippen MR) is 71.0 cm³/mol. The maximum atomic E-state index is 5.37. The van der Waals surface area contributed by atoms with Crippen molar-refractivity contribution in [3.8, 4) is 10.8 Å². The van der Waals surface area contributed by atoms with E-state index >= 15 is 0 Å². The van der Waals surface area contributed by atoms with E-state index in [1.54, 1.807) is 11.3 Å². The normalized spacial score (nSPS) is 11.6. The smallest absolute Gasteiger partial charge is 0.284 e. The maximum Gasteiger partial charge on any atom is 0.284 e. The van der Waals surface area contributed by atoms with Crippen molar-refractivity contribution in [2.24, 2.45) is 0 Å². The van der Waals surface area contributed by atoms with Crippen molar-refractivity contribution >= 4 is 23.6 Å². The Kier molecular flexibility index (Phi) is 3.44. The van der Waals surface area contributed by atoms with Crippen molar-refractivity contribution in [2.45, 2.75) is 39.5 Å². The van der Waals surface area contributed by atoms with E-state index in [2.05, 4.69) is 42.9 Å². The molecule has 0 spiro atoms. The highest BCUT2D eigenvalue weighted by molar-refractivity contribution is 7.71. The third-order valence-electron chi connectivity index (χ3n) is 2.34. The highest BCUT2D eigenvalue weighted by atomic mass is 32.1. The first-order chi connectivity index (χ1) is 7.99. The van der Waals surface area contributed by atoms with Gasteiger partial charge in [-0.25, -0.2) is 10.1 Å². The van der Waals surface area contributed by atoms with E-state index < -0.39 is 0 Å². The van der Waals surface area contributed by atoms with Crippen LogP contribution in [0.4, 0.5) is 0 Å². The summed E-state index contributed by atoms with van der Waals surface area (Å²) in [7, 11) is 0. The summed E-state index contributed by atoms with van der Waals surface area (Å²) < 4.78 is 5.37. The number of nitrogens with zero attached hydrogens (tertiary/aromatic N) is 2. The van der Waals surface area contributed by atoms with Crippen LogP contribution in [0.3, 0.4) is 0 Å². The van der Waals surface area contributed by atoms with Crippen molar-refractivity contribution in [1.29, 1.82) is 0 Å². The van der Waals surface area contributed by atoms with Crippen molar-refractivity contribution < 1.29 is 4.42 Å². The molecular formula is C11H15N3OS2. The molecule has 0 atom stereocenters. The van der Waals surface area contributed by atoms with Crippen LogP contribution < -0.4 is 0 Å². The lowest BCUT2D eigenvalue weighted by Crippen LogP contribution is -1.92. The van der Waals surface area contributed by atoms with Gasteiger partial charge in [0.15, 0.2) is 0 Å². The van der Waals surface area contributed by atoms with Gasteiger partial charge >= 0.3 is 0 Å². The van der Waals surface area contributed by atoms with E-state index in [1.165, 1.54) is 0 Å². The maximum absolute atomic E-state index is 5.37. The van der Waals surface area contributed by atoms with Gasteiger partial charge in [-0.2, -0.15) is 0 Å². The largest absolute Gasteiger partial charge is 0.408 e. The highest BCUT2D eigenvalue weighted by Gasteiger charge is 2.20. The van der Waals surface area contributed by atoms with Gasteiger partial charge in [0.2, 0.25) is 0 Å². The Bertz CT molecular complexity index is 565. The van der Waals surface area contributed by atoms with Gasteiger partial charge in [0.05, 0.1) is 10.7 Å². The Morgan fingerprint density at radius 3 is 2.41 bits per heavy atom. The van der Waals surface area contributed by atoms with Crippen molar-refractivity contribution in [1.82, 2.24) is 15.2 Å². The van der Waals surface area contributed by atoms with Gasteiger partial charge in [0.1, 0.15) is 4.88 Å². The molecule has 2 heterocycles. The second kappa shape index (κ2) is 4.70. The summed E-state index contributed by atoms with van der Waals surface area (Å²) in [5, 5.41) is 7.83. The molecule has 2 aromatic rings. The van der Waals surface area contributed by atoms with Crippen LogP contribution in [0.15, 0.2) is 4.42 Å². The monoisotopic (exact) mass is 269 g/mol. The molecule has 0 aliphatic heterocycles. The van der Waals surface area contributed by atoms with Crippen LogP contribution in [-0.4, -0.2) is 15.2 Å². The molecule has 2 aromatic heterocycles. The number of hydrogen-bond acceptors (Lipinski definition) is 5. The van der Waals surface area contributed by atoms with Gasteiger partial charge in [0.25, 0.3) is 10.7 Å². The van der Waals surface area contributed by atoms with E-state index in [4.69, 9.17) is 16.6 Å². The summed E-state index contributed by atoms with van der Waals surface area (Å²) in [5.74, 6) is 1.30. The van der Waals surface area contributed by atoms with Gasteiger partial charge in [-0.05, 0) is 18.1 Å². The third-order valence-corrected chi connectivity index (χ3v) is 3.88. The van der Waals surface area contributed by atoms with E-state index in [9.17, 15) is 0 Å². The van der Waals surface area contributed by atoms with Crippen LogP contribution in [0.5, 0.6) is 0 Å². The van der Waals surface area contributed by atoms with Gasteiger partial charge < -0.3 is 4.42 Å². The zero-order valence-corrected chi connectivity index (χ0v) is 11.9. The molecule has 4 nitrogen and oxygen atoms in total. The minimum absolute atomic E-state index is 0.300. The quantitative estimate of drug-likeness (QED) is 0.852. The Morgan fingerprint density at radius 2 is 1.94 bits per heavy atom. The lowest BCUT2D eigenvalue weighted by Gasteiger charge is -2.01. The van der Waals surface area contributed by atoms with Gasteiger partial charge in [-0.1, -0.05) is 27.7 Å². The molecule has 0 bridgehead atoms. The van der Waals surface area contributed by atoms with Gasteiger partial charge in [0, 0.05) is 5.92 Å². The van der Waals surface area contributed by atoms with Crippen LogP contribution in [0.1, 0.15) is 50.2 Å². The van der Waals surface area contributed by atoms with Crippen molar-refractivity contribution in [3.63, 3.8) is 0 Å². The SMILES string of the molecule is CC(C)c1nc(C(C)C)c(-c2n[nH]c(=S)o2)s1. The van der Waals surface area contributed by atoms with Crippen LogP contribution in [0.25, 0.3) is 10.8 Å². The van der Waals surface area contributed by atoms with Gasteiger partial charge in [-0.3, -0.25) is 0 Å². The van der Waals surface area contributed by atoms with Crippen LogP contribution in [0.2, 0.25) is 0 Å². The molecule has 0 saturated carbocycles. The molecule has 0 aliphatic rings. The molecule has 0 aromatic carbocycles. The van der Waals surface area contributed by atoms with E-state index in [0.29, 0.717) is 22.6 Å². The first-order valence-electron chi connectivity index (χ1n) is 5.55. The average Bonchev–Trinajstić information content (AvgIpc) is 2.82. The average molecular weight is 269 g/mol. The fraction of sp³-hybridized carbons (Fsp3) is 0.545. The van der Waals surface area contributed by atoms with Crippen LogP contribution in [-0.2, 0) is 0 Å². The second-order valence-corrected chi connectivity index (χ2v) is 5.90. The summed E-state index contributed by atoms with van der Waals surface area (Å²) in [6.45, 7) is 8.49. The Labute approximate surface area is 109 Å². The standard InChI is InChI=1S/C11H15N3OS2/c1-5(2)7-8(9-13-14-11(16)15-9)17-10(12-7)6(3)4/h5-6H,1-4H3,(H,14,16). The van der Waals surface area contributed by atoms with Gasteiger partial charge in [-0.15, -0.1) is 16.4 Å². The first kappa shape index (κ1) is 12.4. The zero-order valence-electron chi connectivity index (χ0n) is 10.3. The Hall–Kier alpha value is -1.01. The lowest BCUT2D eigenvalue weighted by atomic mass is 10.1. The molecule has 1 N–H and O–H groups in total. The molecular weight excluding hydrogens is 254 g/mol. The molecule has 0 saturated heterocycles. The van der Waals surface area contributed by atoms with Crippen LogP contribution in [0, 0.1) is 4.84 Å². The lowest BCUT2D eigenvalue weighted by molar-refractivity contribution is 0.552. The number of H-pyrrole nitrogens is 1. The zero-order chi connectivity index (χ0) is 12.6. The molecule has 0 fully saturated rings. The van der Waals surface area contributed by atoms with Crippen LogP contribution >= 0.6 is 23.6 Å². The summed E-state index contributed by atoms with van der Waals surface area (Å²) in [6.07, 6.45) is 0. The number of aromatic nitrogens is 3. The third kappa shape index (κ3) is 2.47. The number of hydrogen-bond donors (Lipinski definition) is 1. The second-order valence-electron chi connectivity index (χ2n) is 4.49. The number of aromatic amines is 1. The molecule has 92 valence electrons. The summed E-state index contributed by atoms with van der Waals surface area (Å²) >= 11 is 6.53. The summed E-state index contributed by atoms with van der Waals surface area (Å²) in [5.41, 5.74) is 1.03. The molecule has 0 radical (unpaired) electrons. The molecule has 0 aliphatic carbocycles. The Balaban J connectivity index is 2.55. The van der Waals surface area contributed by atoms with E-state index in [0.717, 1.165) is 15.6 Å². The predicted octanol–water partition coefficient (Wildman–Crippen LogP) is 4.10. The van der Waals surface area contributed by atoms with E-state index in [-0.39, 0.29) is 0 Å². The summed E-state index contributed by atoms with van der Waals surface area (Å²) in [6, 6.07) is 0. The molecule has 0 amide bonds. The number of nitrogens with one attached hydrogen (secondary N) is 1. The highest BCUT2D eigenvalue weighted by Crippen LogP contribution is 2.35. The number of thiazole rings is 1. The topological polar surface area (TPSA) is 54.7 Å². The van der Waals surface area contributed by atoms with Crippen molar-refractivity contribution in [3.05, 3.63) is 15.5 Å². The summed E-state index contributed by atoms with van der Waals surface area (Å²) in [4.78, 5) is 5.95. The first-order valence-corrected chi connectivity index (χ1v) is 6.78. The molecule has 0 unspecified atom stereocenters. The van der Waals surface area contributed by atoms with Crippen molar-refractivity contribution in [2.75, 3.05) is 0 Å². The Morgan fingerprint density at radius 1 is 1.24 bits per heavy atom. The fourth-order valence-corrected chi connectivity index (χ4v) is 2.74.